The second-order valence-corrected chi connectivity index (χ2v) is 5.11. The number of carbonyl (C=O) groups excluding carboxylic acids is 1. The van der Waals surface area contributed by atoms with Crippen LogP contribution in [0.3, 0.4) is 0 Å². The second kappa shape index (κ2) is 7.14. The van der Waals surface area contributed by atoms with Gasteiger partial charge in [0.2, 0.25) is 0 Å². The third-order valence-electron chi connectivity index (χ3n) is 3.23. The van der Waals surface area contributed by atoms with E-state index in [0.29, 0.717) is 18.0 Å². The molecule has 4 heteroatoms. The van der Waals surface area contributed by atoms with Crippen LogP contribution in [-0.2, 0) is 12.4 Å². The summed E-state index contributed by atoms with van der Waals surface area (Å²) in [7, 11) is 3.42. The van der Waals surface area contributed by atoms with Gasteiger partial charge in [-0.2, -0.15) is 0 Å². The number of nitrogens with zero attached hydrogens (tertiary/aromatic N) is 1. The van der Waals surface area contributed by atoms with Gasteiger partial charge in [-0.05, 0) is 35.4 Å². The van der Waals surface area contributed by atoms with Gasteiger partial charge in [-0.25, -0.2) is 0 Å². The van der Waals surface area contributed by atoms with Crippen LogP contribution in [0.25, 0.3) is 0 Å². The van der Waals surface area contributed by atoms with Gasteiger partial charge in [0.15, 0.2) is 0 Å². The van der Waals surface area contributed by atoms with E-state index in [-0.39, 0.29) is 5.91 Å². The molecule has 0 aliphatic rings. The van der Waals surface area contributed by atoms with Crippen LogP contribution in [-0.4, -0.2) is 25.0 Å². The summed E-state index contributed by atoms with van der Waals surface area (Å²) in [6.07, 6.45) is 0. The van der Waals surface area contributed by atoms with E-state index in [1.54, 1.807) is 25.1 Å². The molecule has 0 N–H and O–H groups in total. The van der Waals surface area contributed by atoms with E-state index >= 15 is 0 Å². The summed E-state index contributed by atoms with van der Waals surface area (Å²) in [4.78, 5) is 14.1. The molecule has 3 nitrogen and oxygen atoms in total. The number of ether oxygens (including phenoxy) is 1. The predicted octanol–water partition coefficient (Wildman–Crippen LogP) is 3.71. The average Bonchev–Trinajstić information content (AvgIpc) is 2.54. The molecule has 2 rings (SSSR count). The van der Waals surface area contributed by atoms with E-state index in [4.69, 9.17) is 16.3 Å². The van der Waals surface area contributed by atoms with Gasteiger partial charge >= 0.3 is 0 Å². The predicted molar refractivity (Wildman–Crippen MR) is 84.8 cm³/mol. The lowest BCUT2D eigenvalue weighted by molar-refractivity contribution is 0.0785. The normalized spacial score (nSPS) is 10.2. The van der Waals surface area contributed by atoms with Crippen molar-refractivity contribution in [2.75, 3.05) is 14.2 Å². The maximum Gasteiger partial charge on any atom is 0.253 e. The molecule has 0 spiro atoms. The highest BCUT2D eigenvalue weighted by Gasteiger charge is 2.12. The fraction of sp³-hybridized carbons (Fsp3) is 0.235. The molecule has 0 aromatic heterocycles. The smallest absolute Gasteiger partial charge is 0.253 e. The minimum atomic E-state index is -0.0233. The lowest BCUT2D eigenvalue weighted by atomic mass is 10.1. The largest absolute Gasteiger partial charge is 0.497 e. The van der Waals surface area contributed by atoms with E-state index in [2.05, 4.69) is 0 Å². The molecule has 0 saturated heterocycles. The third-order valence-corrected chi connectivity index (χ3v) is 3.54. The van der Waals surface area contributed by atoms with Crippen molar-refractivity contribution in [2.45, 2.75) is 12.4 Å². The van der Waals surface area contributed by atoms with Crippen molar-refractivity contribution >= 4 is 17.5 Å². The number of hydrogen-bond acceptors (Lipinski definition) is 2. The maximum absolute atomic E-state index is 12.4. The summed E-state index contributed by atoms with van der Waals surface area (Å²) in [6.45, 7) is 0.529. The van der Waals surface area contributed by atoms with Gasteiger partial charge in [0.25, 0.3) is 5.91 Å². The first-order valence-corrected chi connectivity index (χ1v) is 7.21. The summed E-state index contributed by atoms with van der Waals surface area (Å²) < 4.78 is 5.19. The number of rotatable bonds is 5. The summed E-state index contributed by atoms with van der Waals surface area (Å²) >= 11 is 5.81. The fourth-order valence-corrected chi connectivity index (χ4v) is 2.29. The minimum Gasteiger partial charge on any atom is -0.497 e. The van der Waals surface area contributed by atoms with Crippen LogP contribution in [0.4, 0.5) is 0 Å². The van der Waals surface area contributed by atoms with Gasteiger partial charge in [-0.15, -0.1) is 11.6 Å². The van der Waals surface area contributed by atoms with Crippen molar-refractivity contribution in [1.82, 2.24) is 4.90 Å². The van der Waals surface area contributed by atoms with Crippen LogP contribution in [0.15, 0.2) is 48.5 Å². The van der Waals surface area contributed by atoms with Crippen LogP contribution in [0.2, 0.25) is 0 Å². The first kappa shape index (κ1) is 15.4. The number of alkyl halides is 1. The van der Waals surface area contributed by atoms with Crippen molar-refractivity contribution in [3.05, 3.63) is 65.2 Å². The topological polar surface area (TPSA) is 29.5 Å². The second-order valence-electron chi connectivity index (χ2n) is 4.85. The summed E-state index contributed by atoms with van der Waals surface area (Å²) in [5.41, 5.74) is 2.62. The monoisotopic (exact) mass is 303 g/mol. The van der Waals surface area contributed by atoms with Crippen LogP contribution >= 0.6 is 11.6 Å². The molecule has 110 valence electrons. The SMILES string of the molecule is COc1cccc(CN(C)C(=O)c2cccc(CCl)c2)c1. The zero-order valence-electron chi connectivity index (χ0n) is 12.2. The van der Waals surface area contributed by atoms with Gasteiger partial charge in [0, 0.05) is 25.0 Å². The molecular weight excluding hydrogens is 286 g/mol. The lowest BCUT2D eigenvalue weighted by Gasteiger charge is -2.18. The Morgan fingerprint density at radius 2 is 1.86 bits per heavy atom. The molecule has 2 aromatic rings. The van der Waals surface area contributed by atoms with Gasteiger partial charge in [0.1, 0.15) is 5.75 Å². The molecule has 0 bridgehead atoms. The van der Waals surface area contributed by atoms with Crippen molar-refractivity contribution in [2.24, 2.45) is 0 Å². The zero-order valence-corrected chi connectivity index (χ0v) is 12.9. The number of amides is 1. The van der Waals surface area contributed by atoms with Crippen LogP contribution in [0.5, 0.6) is 5.75 Å². The van der Waals surface area contributed by atoms with E-state index in [9.17, 15) is 4.79 Å². The lowest BCUT2D eigenvalue weighted by Crippen LogP contribution is -2.26. The van der Waals surface area contributed by atoms with Crippen LogP contribution in [0, 0.1) is 0 Å². The van der Waals surface area contributed by atoms with E-state index in [1.165, 1.54) is 0 Å². The molecule has 0 atom stereocenters. The molecular formula is C17H18ClNO2. The van der Waals surface area contributed by atoms with Crippen molar-refractivity contribution in [1.29, 1.82) is 0 Å². The van der Waals surface area contributed by atoms with E-state index in [1.807, 2.05) is 42.5 Å². The zero-order chi connectivity index (χ0) is 15.2. The molecule has 21 heavy (non-hydrogen) atoms. The quantitative estimate of drug-likeness (QED) is 0.788. The van der Waals surface area contributed by atoms with Crippen molar-refractivity contribution < 1.29 is 9.53 Å². The number of hydrogen-bond donors (Lipinski definition) is 0. The Kier molecular flexibility index (Phi) is 5.23. The standard InChI is InChI=1S/C17H18ClNO2/c1-19(12-14-6-4-8-16(10-14)21-2)17(20)15-7-3-5-13(9-15)11-18/h3-10H,11-12H2,1-2H3. The highest BCUT2D eigenvalue weighted by Crippen LogP contribution is 2.16. The molecule has 0 fully saturated rings. The molecule has 0 unspecified atom stereocenters. The van der Waals surface area contributed by atoms with Gasteiger partial charge in [-0.3, -0.25) is 4.79 Å². The highest BCUT2D eigenvalue weighted by molar-refractivity contribution is 6.17. The molecule has 1 amide bonds. The maximum atomic E-state index is 12.4. The van der Waals surface area contributed by atoms with Crippen LogP contribution in [0.1, 0.15) is 21.5 Å². The van der Waals surface area contributed by atoms with Gasteiger partial charge < -0.3 is 9.64 Å². The van der Waals surface area contributed by atoms with Crippen molar-refractivity contribution in [3.63, 3.8) is 0 Å². The highest BCUT2D eigenvalue weighted by atomic mass is 35.5. The Labute approximate surface area is 130 Å². The molecule has 0 heterocycles. The Bertz CT molecular complexity index is 628. The summed E-state index contributed by atoms with van der Waals surface area (Å²) in [5.74, 6) is 1.17. The molecule has 0 radical (unpaired) electrons. The number of halogens is 1. The molecule has 0 saturated carbocycles. The van der Waals surface area contributed by atoms with E-state index < -0.39 is 0 Å². The number of carbonyl (C=O) groups is 1. The Morgan fingerprint density at radius 1 is 1.14 bits per heavy atom. The fourth-order valence-electron chi connectivity index (χ4n) is 2.12. The Hall–Kier alpha value is -2.00. The van der Waals surface area contributed by atoms with Gasteiger partial charge in [-0.1, -0.05) is 24.3 Å². The number of methoxy groups -OCH3 is 1. The number of benzene rings is 2. The third kappa shape index (κ3) is 3.99. The minimum absolute atomic E-state index is 0.0233. The molecule has 0 aliphatic heterocycles. The average molecular weight is 304 g/mol. The van der Waals surface area contributed by atoms with Crippen LogP contribution < -0.4 is 4.74 Å². The first-order chi connectivity index (χ1) is 10.1. The summed E-state index contributed by atoms with van der Waals surface area (Å²) in [6, 6.07) is 15.1. The van der Waals surface area contributed by atoms with E-state index in [0.717, 1.165) is 16.9 Å². The molecule has 2 aromatic carbocycles. The first-order valence-electron chi connectivity index (χ1n) is 6.67. The summed E-state index contributed by atoms with van der Waals surface area (Å²) in [5, 5.41) is 0. The molecule has 0 aliphatic carbocycles. The Balaban J connectivity index is 2.11. The Morgan fingerprint density at radius 3 is 2.57 bits per heavy atom. The van der Waals surface area contributed by atoms with Gasteiger partial charge in [0.05, 0.1) is 7.11 Å². The van der Waals surface area contributed by atoms with Crippen molar-refractivity contribution in [3.8, 4) is 5.75 Å².